The predicted octanol–water partition coefficient (Wildman–Crippen LogP) is 1.37. The van der Waals surface area contributed by atoms with Gasteiger partial charge in [0.1, 0.15) is 0 Å². The molecule has 0 bridgehead atoms. The molecule has 0 aliphatic heterocycles. The van der Waals surface area contributed by atoms with Crippen LogP contribution in [0.5, 0.6) is 0 Å². The van der Waals surface area contributed by atoms with E-state index in [-0.39, 0.29) is 0 Å². The van der Waals surface area contributed by atoms with Gasteiger partial charge in [0.25, 0.3) is 5.09 Å². The third kappa shape index (κ3) is 6.35. The van der Waals surface area contributed by atoms with E-state index in [0.717, 1.165) is 0 Å². The third-order valence-electron chi connectivity index (χ3n) is 1.59. The number of hydrogen-bond acceptors (Lipinski definition) is 2. The quantitative estimate of drug-likeness (QED) is 0.513. The van der Waals surface area contributed by atoms with E-state index in [2.05, 4.69) is 48.5 Å². The molecule has 4 nitrogen and oxygen atoms in total. The van der Waals surface area contributed by atoms with Crippen LogP contribution in [0, 0.1) is 10.1 Å². The zero-order valence-electron chi connectivity index (χ0n) is 8.79. The van der Waals surface area contributed by atoms with Crippen LogP contribution in [0.3, 0.4) is 0 Å². The SMILES string of the molecule is O=[N+]([O-])O.c1cc[c]([Cu][c]2ccccc2)cc1. The molecule has 0 aliphatic carbocycles. The molecular formula is C12H11CuNO3. The van der Waals surface area contributed by atoms with Gasteiger partial charge in [0.15, 0.2) is 0 Å². The van der Waals surface area contributed by atoms with Gasteiger partial charge in [0.2, 0.25) is 0 Å². The topological polar surface area (TPSA) is 63.4 Å². The van der Waals surface area contributed by atoms with Gasteiger partial charge in [0.05, 0.1) is 0 Å². The molecule has 0 aromatic heterocycles. The first-order valence-electron chi connectivity index (χ1n) is 4.69. The van der Waals surface area contributed by atoms with Gasteiger partial charge >= 0.3 is 84.5 Å². The summed E-state index contributed by atoms with van der Waals surface area (Å²) in [6.07, 6.45) is 0. The van der Waals surface area contributed by atoms with Crippen molar-refractivity contribution in [1.82, 2.24) is 0 Å². The predicted molar refractivity (Wildman–Crippen MR) is 60.9 cm³/mol. The first-order chi connectivity index (χ1) is 8.18. The Balaban J connectivity index is 0.000000317. The summed E-state index contributed by atoms with van der Waals surface area (Å²) < 4.78 is 2.55. The minimum absolute atomic E-state index is 1.28. The van der Waals surface area contributed by atoms with E-state index >= 15 is 0 Å². The van der Waals surface area contributed by atoms with Gasteiger partial charge < -0.3 is 5.21 Å². The van der Waals surface area contributed by atoms with Gasteiger partial charge in [-0.05, 0) is 0 Å². The molecule has 2 rings (SSSR count). The van der Waals surface area contributed by atoms with Crippen molar-refractivity contribution >= 4 is 8.92 Å². The van der Waals surface area contributed by atoms with Crippen molar-refractivity contribution in [2.45, 2.75) is 0 Å². The van der Waals surface area contributed by atoms with Crippen LogP contribution in [0.2, 0.25) is 0 Å². The Kier molecular flexibility index (Phi) is 5.78. The van der Waals surface area contributed by atoms with Crippen molar-refractivity contribution < 1.29 is 25.3 Å². The molecule has 0 fully saturated rings. The zero-order valence-corrected chi connectivity index (χ0v) is 9.73. The summed E-state index contributed by atoms with van der Waals surface area (Å²) in [4.78, 5) is 8.36. The molecule has 0 spiro atoms. The maximum atomic E-state index is 8.36. The fraction of sp³-hybridized carbons (Fsp3) is 0. The van der Waals surface area contributed by atoms with E-state index in [4.69, 9.17) is 15.3 Å². The first kappa shape index (κ1) is 13.2. The molecule has 0 atom stereocenters. The van der Waals surface area contributed by atoms with Gasteiger partial charge in [-0.3, -0.25) is 0 Å². The number of hydrogen-bond donors (Lipinski definition) is 1. The molecule has 2 aromatic rings. The third-order valence-corrected chi connectivity index (χ3v) is 2.76. The molecule has 0 aliphatic rings. The molecule has 0 saturated heterocycles. The van der Waals surface area contributed by atoms with Gasteiger partial charge in [-0.2, -0.15) is 0 Å². The van der Waals surface area contributed by atoms with Crippen molar-refractivity contribution in [1.29, 1.82) is 0 Å². The van der Waals surface area contributed by atoms with Crippen LogP contribution < -0.4 is 8.92 Å². The summed E-state index contributed by atoms with van der Waals surface area (Å²) in [5, 5.41) is 13.6. The molecule has 1 N–H and O–H groups in total. The second kappa shape index (κ2) is 7.44. The standard InChI is InChI=1S/2C6H5.Cu.HNO3/c2*1-2-4-6-5-3-1;;2-1(3)4/h2*1-5H;;(H,2,3,4). The molecule has 0 radical (unpaired) electrons. The van der Waals surface area contributed by atoms with E-state index in [9.17, 15) is 0 Å². The van der Waals surface area contributed by atoms with Crippen LogP contribution in [0.4, 0.5) is 0 Å². The zero-order chi connectivity index (χ0) is 12.5. The van der Waals surface area contributed by atoms with Crippen molar-refractivity contribution in [3.63, 3.8) is 0 Å². The molecule has 5 heteroatoms. The Morgan fingerprint density at radius 3 is 1.47 bits per heavy atom. The molecule has 0 amide bonds. The Bertz CT molecular complexity index is 406. The van der Waals surface area contributed by atoms with E-state index in [1.54, 1.807) is 0 Å². The summed E-state index contributed by atoms with van der Waals surface area (Å²) in [6.45, 7) is 0. The second-order valence-corrected chi connectivity index (χ2v) is 4.14. The molecule has 0 saturated carbocycles. The van der Waals surface area contributed by atoms with E-state index in [0.29, 0.717) is 0 Å². The van der Waals surface area contributed by atoms with Gasteiger partial charge in [-0.1, -0.05) is 0 Å². The number of benzene rings is 2. The van der Waals surface area contributed by atoms with Gasteiger partial charge in [-0.15, -0.1) is 10.1 Å². The second-order valence-electron chi connectivity index (χ2n) is 2.82. The van der Waals surface area contributed by atoms with Crippen molar-refractivity contribution in [2.75, 3.05) is 0 Å². The van der Waals surface area contributed by atoms with E-state index in [1.165, 1.54) is 8.92 Å². The monoisotopic (exact) mass is 280 g/mol. The van der Waals surface area contributed by atoms with Crippen LogP contribution in [0.25, 0.3) is 0 Å². The molecule has 2 aromatic carbocycles. The van der Waals surface area contributed by atoms with Crippen LogP contribution in [0.1, 0.15) is 0 Å². The number of rotatable bonds is 2. The fourth-order valence-corrected chi connectivity index (χ4v) is 1.99. The Morgan fingerprint density at radius 1 is 0.882 bits per heavy atom. The molecular weight excluding hydrogens is 270 g/mol. The van der Waals surface area contributed by atoms with Crippen molar-refractivity contribution in [3.8, 4) is 0 Å². The fourth-order valence-electron chi connectivity index (χ4n) is 1.00. The molecule has 93 valence electrons. The van der Waals surface area contributed by atoms with Crippen LogP contribution in [-0.2, 0) is 15.0 Å². The van der Waals surface area contributed by atoms with Crippen molar-refractivity contribution in [2.24, 2.45) is 0 Å². The Labute approximate surface area is 105 Å². The summed E-state index contributed by atoms with van der Waals surface area (Å²) in [5.74, 6) is 0. The van der Waals surface area contributed by atoms with Crippen LogP contribution >= 0.6 is 0 Å². The maximum absolute atomic E-state index is 8.36. The first-order valence-corrected chi connectivity index (χ1v) is 5.63. The Hall–Kier alpha value is -1.84. The minimum atomic E-state index is -1.50. The average Bonchev–Trinajstić information content (AvgIpc) is 2.31. The van der Waals surface area contributed by atoms with E-state index in [1.807, 2.05) is 27.1 Å². The van der Waals surface area contributed by atoms with E-state index < -0.39 is 5.09 Å². The summed E-state index contributed by atoms with van der Waals surface area (Å²) in [5.41, 5.74) is 0. The summed E-state index contributed by atoms with van der Waals surface area (Å²) in [6, 6.07) is 20.8. The van der Waals surface area contributed by atoms with Gasteiger partial charge in [0, 0.05) is 0 Å². The van der Waals surface area contributed by atoms with Crippen LogP contribution in [-0.4, -0.2) is 10.3 Å². The number of nitrogens with zero attached hydrogens (tertiary/aromatic N) is 1. The molecule has 0 heterocycles. The Morgan fingerprint density at radius 2 is 1.18 bits per heavy atom. The molecule has 0 unspecified atom stereocenters. The summed E-state index contributed by atoms with van der Waals surface area (Å²) >= 11 is 1.88. The van der Waals surface area contributed by atoms with Crippen LogP contribution in [0.15, 0.2) is 60.7 Å². The summed E-state index contributed by atoms with van der Waals surface area (Å²) in [7, 11) is 0. The molecule has 17 heavy (non-hydrogen) atoms. The normalized spacial score (nSPS) is 9.18. The van der Waals surface area contributed by atoms with Gasteiger partial charge in [-0.25, -0.2) is 0 Å². The average molecular weight is 281 g/mol. The van der Waals surface area contributed by atoms with Crippen molar-refractivity contribution in [3.05, 3.63) is 70.8 Å².